The number of amides is 2. The molecule has 2 unspecified atom stereocenters. The van der Waals surface area contributed by atoms with Crippen LogP contribution in [0.3, 0.4) is 0 Å². The molecule has 4 nitrogen and oxygen atoms in total. The number of alkyl halides is 4. The number of hydrogen-bond acceptors (Lipinski definition) is 4. The van der Waals surface area contributed by atoms with Gasteiger partial charge in [0, 0.05) is 11.8 Å². The molecule has 0 aromatic heterocycles. The third-order valence-corrected chi connectivity index (χ3v) is 4.98. The average molecular weight is 398 g/mol. The zero-order valence-corrected chi connectivity index (χ0v) is 14.4. The Morgan fingerprint density at radius 1 is 1.21 bits per heavy atom. The lowest BCUT2D eigenvalue weighted by Crippen LogP contribution is -2.38. The van der Waals surface area contributed by atoms with E-state index >= 15 is 0 Å². The zero-order valence-electron chi connectivity index (χ0n) is 11.9. The van der Waals surface area contributed by atoms with Gasteiger partial charge in [-0.1, -0.05) is 36.5 Å². The molecule has 0 N–H and O–H groups in total. The van der Waals surface area contributed by atoms with E-state index in [0.29, 0.717) is 11.8 Å². The Balaban J connectivity index is 2.17. The Hall–Kier alpha value is -1.19. The third-order valence-electron chi connectivity index (χ3n) is 3.36. The molecule has 130 valence electrons. The lowest BCUT2D eigenvalue weighted by molar-refractivity contribution is -0.131. The highest BCUT2D eigenvalue weighted by Crippen LogP contribution is 2.33. The number of imide groups is 1. The van der Waals surface area contributed by atoms with E-state index in [1.807, 2.05) is 0 Å². The van der Waals surface area contributed by atoms with Crippen LogP contribution in [0.4, 0.5) is 18.0 Å². The summed E-state index contributed by atoms with van der Waals surface area (Å²) in [5.41, 5.74) is 0.364. The summed E-state index contributed by atoms with van der Waals surface area (Å²) < 4.78 is 37.2. The van der Waals surface area contributed by atoms with E-state index in [9.17, 15) is 27.6 Å². The first-order valence-electron chi connectivity index (χ1n) is 6.67. The van der Waals surface area contributed by atoms with Gasteiger partial charge in [-0.3, -0.25) is 19.3 Å². The monoisotopic (exact) mass is 397 g/mol. The highest BCUT2D eigenvalue weighted by molar-refractivity contribution is 8.32. The first-order chi connectivity index (χ1) is 11.1. The maximum atomic E-state index is 12.6. The lowest BCUT2D eigenvalue weighted by Gasteiger charge is -2.23. The third kappa shape index (κ3) is 4.25. The first kappa shape index (κ1) is 19.1. The zero-order chi connectivity index (χ0) is 18.1. The summed E-state index contributed by atoms with van der Waals surface area (Å²) in [6, 6.07) is 6.08. The van der Waals surface area contributed by atoms with Crippen molar-refractivity contribution in [3.63, 3.8) is 0 Å². The van der Waals surface area contributed by atoms with Crippen LogP contribution in [0, 0.1) is 0 Å². The summed E-state index contributed by atoms with van der Waals surface area (Å²) in [5, 5.41) is -3.21. The molecular formula is C14H11ClF3NO3S2. The van der Waals surface area contributed by atoms with E-state index in [1.54, 1.807) is 12.1 Å². The molecule has 0 saturated carbocycles. The topological polar surface area (TPSA) is 54.5 Å². The molecule has 2 rings (SSSR count). The minimum absolute atomic E-state index is 0.182. The number of nitrogens with zero attached hydrogens (tertiary/aromatic N) is 1. The molecule has 0 spiro atoms. The van der Waals surface area contributed by atoms with Crippen LogP contribution < -0.4 is 0 Å². The molecule has 2 atom stereocenters. The van der Waals surface area contributed by atoms with Crippen LogP contribution in [0.25, 0.3) is 0 Å². The molecule has 0 fully saturated rings. The van der Waals surface area contributed by atoms with E-state index in [0.717, 1.165) is 4.90 Å². The Kier molecular flexibility index (Phi) is 5.87. The maximum absolute atomic E-state index is 12.6. The number of fused-ring (bicyclic) bond motifs is 1. The average Bonchev–Trinajstić information content (AvgIpc) is 2.71. The number of carbonyl (C=O) groups is 3. The van der Waals surface area contributed by atoms with Gasteiger partial charge in [0.2, 0.25) is 4.45 Å². The summed E-state index contributed by atoms with van der Waals surface area (Å²) in [7, 11) is 0. The largest absolute Gasteiger partial charge is 0.404 e. The number of hydrogen-bond donors (Lipinski definition) is 1. The van der Waals surface area contributed by atoms with Gasteiger partial charge in [-0.15, -0.1) is 11.6 Å². The van der Waals surface area contributed by atoms with Crippen LogP contribution in [0.1, 0.15) is 27.1 Å². The van der Waals surface area contributed by atoms with Gasteiger partial charge in [-0.25, -0.2) is 0 Å². The van der Waals surface area contributed by atoms with E-state index in [1.165, 1.54) is 12.1 Å². The molecule has 2 amide bonds. The second-order valence-electron chi connectivity index (χ2n) is 5.02. The fourth-order valence-electron chi connectivity index (χ4n) is 2.28. The van der Waals surface area contributed by atoms with Gasteiger partial charge in [0.25, 0.3) is 11.8 Å². The SMILES string of the molecule is O=C(S)SC(CC(Cl)C(F)(F)F)CN1C(=O)c2ccccc2C1=O. The van der Waals surface area contributed by atoms with Gasteiger partial charge in [0.05, 0.1) is 11.1 Å². The molecule has 1 aromatic rings. The number of rotatable bonds is 5. The van der Waals surface area contributed by atoms with Crippen molar-refractivity contribution in [3.05, 3.63) is 35.4 Å². The minimum Gasteiger partial charge on any atom is -0.275 e. The van der Waals surface area contributed by atoms with Crippen molar-refractivity contribution in [1.82, 2.24) is 4.90 Å². The summed E-state index contributed by atoms with van der Waals surface area (Å²) in [5.74, 6) is -1.21. The molecule has 1 aromatic carbocycles. The molecule has 0 aliphatic carbocycles. The number of thiol groups is 1. The van der Waals surface area contributed by atoms with Gasteiger partial charge >= 0.3 is 6.18 Å². The Morgan fingerprint density at radius 3 is 2.12 bits per heavy atom. The molecule has 0 saturated heterocycles. The Labute approximate surface area is 150 Å². The van der Waals surface area contributed by atoms with Gasteiger partial charge in [0.1, 0.15) is 5.38 Å². The van der Waals surface area contributed by atoms with Crippen molar-refractivity contribution in [2.24, 2.45) is 0 Å². The van der Waals surface area contributed by atoms with Crippen molar-refractivity contribution in [1.29, 1.82) is 0 Å². The van der Waals surface area contributed by atoms with Crippen LogP contribution in [0.5, 0.6) is 0 Å². The van der Waals surface area contributed by atoms with Gasteiger partial charge < -0.3 is 0 Å². The summed E-state index contributed by atoms with van der Waals surface area (Å²) in [4.78, 5) is 36.5. The lowest BCUT2D eigenvalue weighted by atomic mass is 10.1. The van der Waals surface area contributed by atoms with Crippen molar-refractivity contribution in [3.8, 4) is 0 Å². The van der Waals surface area contributed by atoms with Gasteiger partial charge in [-0.05, 0) is 18.6 Å². The Bertz CT molecular complexity index is 648. The normalized spacial score (nSPS) is 17.0. The van der Waals surface area contributed by atoms with E-state index < -0.39 is 39.5 Å². The van der Waals surface area contributed by atoms with Gasteiger partial charge in [-0.2, -0.15) is 13.2 Å². The molecule has 1 aliphatic heterocycles. The van der Waals surface area contributed by atoms with Crippen molar-refractivity contribution >= 4 is 52.3 Å². The van der Waals surface area contributed by atoms with Crippen LogP contribution >= 0.6 is 36.0 Å². The molecule has 1 heterocycles. The van der Waals surface area contributed by atoms with Crippen molar-refractivity contribution < 1.29 is 27.6 Å². The smallest absolute Gasteiger partial charge is 0.275 e. The van der Waals surface area contributed by atoms with Gasteiger partial charge in [0.15, 0.2) is 0 Å². The summed E-state index contributed by atoms with van der Waals surface area (Å²) in [6.07, 6.45) is -5.28. The maximum Gasteiger partial charge on any atom is 0.404 e. The van der Waals surface area contributed by atoms with Crippen LogP contribution in [0.15, 0.2) is 24.3 Å². The van der Waals surface area contributed by atoms with Crippen molar-refractivity contribution in [2.45, 2.75) is 23.2 Å². The highest BCUT2D eigenvalue weighted by Gasteiger charge is 2.42. The molecule has 10 heteroatoms. The number of benzene rings is 1. The molecular weight excluding hydrogens is 387 g/mol. The van der Waals surface area contributed by atoms with Crippen LogP contribution in [-0.4, -0.2) is 44.5 Å². The van der Waals surface area contributed by atoms with Crippen LogP contribution in [0.2, 0.25) is 0 Å². The highest BCUT2D eigenvalue weighted by atomic mass is 35.5. The predicted molar refractivity (Wildman–Crippen MR) is 87.9 cm³/mol. The molecule has 0 radical (unpaired) electrons. The fraction of sp³-hybridized carbons (Fsp3) is 0.357. The van der Waals surface area contributed by atoms with E-state index in [4.69, 9.17) is 11.6 Å². The minimum atomic E-state index is -4.65. The predicted octanol–water partition coefficient (Wildman–Crippen LogP) is 3.99. The van der Waals surface area contributed by atoms with E-state index in [-0.39, 0.29) is 17.7 Å². The van der Waals surface area contributed by atoms with E-state index in [2.05, 4.69) is 12.6 Å². The number of halogens is 4. The Morgan fingerprint density at radius 2 is 1.71 bits per heavy atom. The molecule has 1 aliphatic rings. The number of carbonyl (C=O) groups excluding carboxylic acids is 3. The second-order valence-corrected chi connectivity index (χ2v) is 7.53. The fourth-order valence-corrected chi connectivity index (χ4v) is 3.84. The quantitative estimate of drug-likeness (QED) is 0.463. The van der Waals surface area contributed by atoms with Crippen molar-refractivity contribution in [2.75, 3.05) is 6.54 Å². The molecule has 0 bridgehead atoms. The van der Waals surface area contributed by atoms with Crippen LogP contribution in [-0.2, 0) is 0 Å². The second kappa shape index (κ2) is 7.37. The summed E-state index contributed by atoms with van der Waals surface area (Å²) in [6.45, 7) is -0.359. The summed E-state index contributed by atoms with van der Waals surface area (Å²) >= 11 is 9.36. The number of thioether (sulfide) groups is 1. The first-order valence-corrected chi connectivity index (χ1v) is 8.43. The molecule has 24 heavy (non-hydrogen) atoms. The standard InChI is InChI=1S/C14H11ClF3NO3S2/c15-10(14(16,17)18)5-7(24-13(22)23)6-19-11(20)8-3-1-2-4-9(8)12(19)21/h1-4,7,10H,5-6H2,(H,22,23).